The van der Waals surface area contributed by atoms with E-state index in [2.05, 4.69) is 33.4 Å². The quantitative estimate of drug-likeness (QED) is 0.896. The standard InChI is InChI=1S/C11H16BrNO/c1-8-10(12)6-9(4-5-13-2)7-11(8)14-3/h6-7,13H,4-5H2,1-3H3. The van der Waals surface area contributed by atoms with Gasteiger partial charge in [-0.05, 0) is 44.6 Å². The molecule has 3 heteroatoms. The van der Waals surface area contributed by atoms with Gasteiger partial charge in [-0.25, -0.2) is 0 Å². The normalized spacial score (nSPS) is 10.3. The molecule has 78 valence electrons. The van der Waals surface area contributed by atoms with Crippen molar-refractivity contribution in [3.8, 4) is 5.75 Å². The van der Waals surface area contributed by atoms with Crippen LogP contribution in [0.1, 0.15) is 11.1 Å². The van der Waals surface area contributed by atoms with Gasteiger partial charge in [0.2, 0.25) is 0 Å². The molecule has 0 spiro atoms. The van der Waals surface area contributed by atoms with Gasteiger partial charge in [-0.2, -0.15) is 0 Å². The molecule has 0 unspecified atom stereocenters. The number of hydrogen-bond acceptors (Lipinski definition) is 2. The Labute approximate surface area is 93.8 Å². The second kappa shape index (κ2) is 5.37. The zero-order valence-corrected chi connectivity index (χ0v) is 10.4. The third-order valence-electron chi connectivity index (χ3n) is 2.24. The molecule has 1 aromatic rings. The van der Waals surface area contributed by atoms with Crippen LogP contribution in [0.25, 0.3) is 0 Å². The van der Waals surface area contributed by atoms with Crippen molar-refractivity contribution in [2.24, 2.45) is 0 Å². The Bertz CT molecular complexity index is 312. The molecule has 0 aliphatic heterocycles. The first-order valence-electron chi connectivity index (χ1n) is 4.66. The monoisotopic (exact) mass is 257 g/mol. The van der Waals surface area contributed by atoms with Crippen LogP contribution in [0, 0.1) is 6.92 Å². The first kappa shape index (κ1) is 11.5. The van der Waals surface area contributed by atoms with Crippen LogP contribution >= 0.6 is 15.9 Å². The van der Waals surface area contributed by atoms with Crippen LogP contribution in [-0.4, -0.2) is 20.7 Å². The highest BCUT2D eigenvalue weighted by Crippen LogP contribution is 2.27. The van der Waals surface area contributed by atoms with Gasteiger partial charge in [0.25, 0.3) is 0 Å². The summed E-state index contributed by atoms with van der Waals surface area (Å²) in [6.07, 6.45) is 1.02. The lowest BCUT2D eigenvalue weighted by molar-refractivity contribution is 0.410. The van der Waals surface area contributed by atoms with Gasteiger partial charge in [0.1, 0.15) is 5.75 Å². The maximum absolute atomic E-state index is 5.30. The number of hydrogen-bond donors (Lipinski definition) is 1. The lowest BCUT2D eigenvalue weighted by Gasteiger charge is -2.09. The van der Waals surface area contributed by atoms with Gasteiger partial charge in [-0.1, -0.05) is 15.9 Å². The Morgan fingerprint density at radius 3 is 2.71 bits per heavy atom. The van der Waals surface area contributed by atoms with E-state index in [0.29, 0.717) is 0 Å². The first-order valence-corrected chi connectivity index (χ1v) is 5.46. The SMILES string of the molecule is CNCCc1cc(Br)c(C)c(OC)c1. The molecule has 2 nitrogen and oxygen atoms in total. The van der Waals surface area contributed by atoms with E-state index in [4.69, 9.17) is 4.74 Å². The van der Waals surface area contributed by atoms with E-state index in [9.17, 15) is 0 Å². The van der Waals surface area contributed by atoms with Crippen LogP contribution in [0.4, 0.5) is 0 Å². The van der Waals surface area contributed by atoms with Crippen LogP contribution in [-0.2, 0) is 6.42 Å². The lowest BCUT2D eigenvalue weighted by Crippen LogP contribution is -2.10. The van der Waals surface area contributed by atoms with Gasteiger partial charge in [-0.15, -0.1) is 0 Å². The molecule has 14 heavy (non-hydrogen) atoms. The predicted molar refractivity (Wildman–Crippen MR) is 63.1 cm³/mol. The van der Waals surface area contributed by atoms with Crippen molar-refractivity contribution in [3.63, 3.8) is 0 Å². The van der Waals surface area contributed by atoms with Gasteiger partial charge >= 0.3 is 0 Å². The van der Waals surface area contributed by atoms with E-state index >= 15 is 0 Å². The molecular weight excluding hydrogens is 242 g/mol. The summed E-state index contributed by atoms with van der Waals surface area (Å²) in [5.74, 6) is 0.950. The van der Waals surface area contributed by atoms with Gasteiger partial charge in [0.05, 0.1) is 7.11 Å². The average Bonchev–Trinajstić information content (AvgIpc) is 2.19. The summed E-state index contributed by atoms with van der Waals surface area (Å²) in [5.41, 5.74) is 2.44. The number of likely N-dealkylation sites (N-methyl/N-ethyl adjacent to an activating group) is 1. The molecule has 1 aromatic carbocycles. The van der Waals surface area contributed by atoms with Crippen LogP contribution in [0.3, 0.4) is 0 Å². The average molecular weight is 258 g/mol. The number of ether oxygens (including phenoxy) is 1. The number of rotatable bonds is 4. The van der Waals surface area contributed by atoms with E-state index < -0.39 is 0 Å². The number of methoxy groups -OCH3 is 1. The number of benzene rings is 1. The fourth-order valence-corrected chi connectivity index (χ4v) is 1.82. The highest BCUT2D eigenvalue weighted by molar-refractivity contribution is 9.10. The molecule has 0 heterocycles. The largest absolute Gasteiger partial charge is 0.496 e. The van der Waals surface area contributed by atoms with E-state index in [1.807, 2.05) is 14.0 Å². The molecule has 0 radical (unpaired) electrons. The minimum atomic E-state index is 0.950. The molecule has 1 N–H and O–H groups in total. The summed E-state index contributed by atoms with van der Waals surface area (Å²) in [4.78, 5) is 0. The van der Waals surface area contributed by atoms with Gasteiger partial charge in [-0.3, -0.25) is 0 Å². The Hall–Kier alpha value is -0.540. The first-order chi connectivity index (χ1) is 6.69. The Balaban J connectivity index is 2.91. The fourth-order valence-electron chi connectivity index (χ4n) is 1.33. The summed E-state index contributed by atoms with van der Waals surface area (Å²) in [5, 5.41) is 3.13. The second-order valence-corrected chi connectivity index (χ2v) is 4.11. The summed E-state index contributed by atoms with van der Waals surface area (Å²) >= 11 is 3.53. The highest BCUT2D eigenvalue weighted by Gasteiger charge is 2.05. The molecule has 0 saturated heterocycles. The summed E-state index contributed by atoms with van der Waals surface area (Å²) < 4.78 is 6.41. The fraction of sp³-hybridized carbons (Fsp3) is 0.455. The molecular formula is C11H16BrNO. The molecule has 0 amide bonds. The van der Waals surface area contributed by atoms with Crippen molar-refractivity contribution in [3.05, 3.63) is 27.7 Å². The zero-order valence-electron chi connectivity index (χ0n) is 8.86. The van der Waals surface area contributed by atoms with Gasteiger partial charge < -0.3 is 10.1 Å². The Morgan fingerprint density at radius 1 is 1.43 bits per heavy atom. The Morgan fingerprint density at radius 2 is 2.14 bits per heavy atom. The molecule has 0 fully saturated rings. The second-order valence-electron chi connectivity index (χ2n) is 3.26. The molecule has 0 aliphatic carbocycles. The van der Waals surface area contributed by atoms with Crippen molar-refractivity contribution in [1.29, 1.82) is 0 Å². The number of halogens is 1. The smallest absolute Gasteiger partial charge is 0.123 e. The minimum Gasteiger partial charge on any atom is -0.496 e. The minimum absolute atomic E-state index is 0.950. The van der Waals surface area contributed by atoms with E-state index in [0.717, 1.165) is 28.8 Å². The molecule has 1 rings (SSSR count). The van der Waals surface area contributed by atoms with Crippen LogP contribution in [0.5, 0.6) is 5.75 Å². The summed E-state index contributed by atoms with van der Waals surface area (Å²) in [6.45, 7) is 3.03. The van der Waals surface area contributed by atoms with Crippen LogP contribution < -0.4 is 10.1 Å². The van der Waals surface area contributed by atoms with Crippen molar-refractivity contribution in [2.45, 2.75) is 13.3 Å². The third-order valence-corrected chi connectivity index (χ3v) is 3.06. The van der Waals surface area contributed by atoms with Gasteiger partial charge in [0.15, 0.2) is 0 Å². The van der Waals surface area contributed by atoms with Crippen molar-refractivity contribution >= 4 is 15.9 Å². The summed E-state index contributed by atoms with van der Waals surface area (Å²) in [7, 11) is 3.66. The lowest BCUT2D eigenvalue weighted by atomic mass is 10.1. The molecule has 0 saturated carbocycles. The topological polar surface area (TPSA) is 21.3 Å². The van der Waals surface area contributed by atoms with Gasteiger partial charge in [0, 0.05) is 10.0 Å². The van der Waals surface area contributed by atoms with E-state index in [-0.39, 0.29) is 0 Å². The summed E-state index contributed by atoms with van der Waals surface area (Å²) in [6, 6.07) is 4.24. The molecule has 0 bridgehead atoms. The highest BCUT2D eigenvalue weighted by atomic mass is 79.9. The Kier molecular flexibility index (Phi) is 4.42. The van der Waals surface area contributed by atoms with Crippen LogP contribution in [0.15, 0.2) is 16.6 Å². The van der Waals surface area contributed by atoms with Crippen molar-refractivity contribution < 1.29 is 4.74 Å². The van der Waals surface area contributed by atoms with E-state index in [1.54, 1.807) is 7.11 Å². The predicted octanol–water partition coefficient (Wildman–Crippen LogP) is 2.53. The van der Waals surface area contributed by atoms with Crippen molar-refractivity contribution in [1.82, 2.24) is 5.32 Å². The zero-order chi connectivity index (χ0) is 10.6. The molecule has 0 aromatic heterocycles. The van der Waals surface area contributed by atoms with Crippen LogP contribution in [0.2, 0.25) is 0 Å². The number of nitrogens with one attached hydrogen (secondary N) is 1. The maximum atomic E-state index is 5.30. The third kappa shape index (κ3) is 2.72. The van der Waals surface area contributed by atoms with E-state index in [1.165, 1.54) is 5.56 Å². The molecule has 0 atom stereocenters. The molecule has 0 aliphatic rings. The van der Waals surface area contributed by atoms with Crippen molar-refractivity contribution in [2.75, 3.05) is 20.7 Å². The maximum Gasteiger partial charge on any atom is 0.123 e.